The van der Waals surface area contributed by atoms with Gasteiger partial charge in [0.2, 0.25) is 0 Å². The van der Waals surface area contributed by atoms with Gasteiger partial charge >= 0.3 is 6.41 Å². The Morgan fingerprint density at radius 1 is 1.00 bits per heavy atom. The van der Waals surface area contributed by atoms with Crippen LogP contribution in [0.4, 0.5) is 0 Å². The fourth-order valence-electron chi connectivity index (χ4n) is 1.38. The van der Waals surface area contributed by atoms with Gasteiger partial charge in [-0.2, -0.15) is 0 Å². The number of amides is 1. The quantitative estimate of drug-likeness (QED) is 0.586. The van der Waals surface area contributed by atoms with Crippen molar-refractivity contribution >= 4 is 18.4 Å². The minimum atomic E-state index is 0.883. The summed E-state index contributed by atoms with van der Waals surface area (Å²) in [7, 11) is 0. The van der Waals surface area contributed by atoms with Gasteiger partial charge in [0, 0.05) is 12.3 Å². The summed E-state index contributed by atoms with van der Waals surface area (Å²) in [6.45, 7) is 0.883. The van der Waals surface area contributed by atoms with Gasteiger partial charge in [-0.3, -0.25) is 9.10 Å². The minimum Gasteiger partial charge on any atom is -0.278 e. The normalized spacial score (nSPS) is 21.8. The summed E-state index contributed by atoms with van der Waals surface area (Å²) in [5.41, 5.74) is 0. The lowest BCUT2D eigenvalue weighted by atomic mass is 10.1. The van der Waals surface area contributed by atoms with Gasteiger partial charge in [-0.25, -0.2) is 0 Å². The first-order chi connectivity index (χ1) is 5.93. The van der Waals surface area contributed by atoms with Gasteiger partial charge in [0.05, 0.1) is 0 Å². The van der Waals surface area contributed by atoms with Crippen LogP contribution in [0.25, 0.3) is 0 Å². The van der Waals surface area contributed by atoms with Crippen molar-refractivity contribution in [1.29, 1.82) is 0 Å². The largest absolute Gasteiger partial charge is 0.322 e. The molecule has 2 nitrogen and oxygen atoms in total. The highest BCUT2D eigenvalue weighted by Crippen LogP contribution is 2.16. The SMILES string of the molecule is O=[C]N1CCCCCCCCS1. The lowest BCUT2D eigenvalue weighted by Gasteiger charge is -2.16. The summed E-state index contributed by atoms with van der Waals surface area (Å²) >= 11 is 1.63. The number of carbonyl (C=O) groups excluding carboxylic acids is 1. The fraction of sp³-hybridized carbons (Fsp3) is 0.889. The van der Waals surface area contributed by atoms with Crippen LogP contribution in [0.5, 0.6) is 0 Å². The smallest absolute Gasteiger partial charge is 0.278 e. The van der Waals surface area contributed by atoms with E-state index >= 15 is 0 Å². The predicted octanol–water partition coefficient (Wildman–Crippen LogP) is 2.36. The third-order valence-corrected chi connectivity index (χ3v) is 3.14. The van der Waals surface area contributed by atoms with E-state index in [2.05, 4.69) is 0 Å². The Balaban J connectivity index is 2.21. The van der Waals surface area contributed by atoms with E-state index in [0.29, 0.717) is 0 Å². The van der Waals surface area contributed by atoms with Crippen LogP contribution in [0.15, 0.2) is 0 Å². The summed E-state index contributed by atoms with van der Waals surface area (Å²) in [6, 6.07) is 0. The molecule has 0 aromatic heterocycles. The molecule has 0 atom stereocenters. The molecule has 1 rings (SSSR count). The summed E-state index contributed by atoms with van der Waals surface area (Å²) in [5.74, 6) is 1.08. The molecule has 1 radical (unpaired) electrons. The van der Waals surface area contributed by atoms with Crippen molar-refractivity contribution in [2.75, 3.05) is 12.3 Å². The Hall–Kier alpha value is -0.180. The van der Waals surface area contributed by atoms with Gasteiger partial charge in [-0.05, 0) is 24.8 Å². The molecule has 1 saturated heterocycles. The Kier molecular flexibility index (Phi) is 5.24. The molecule has 1 aliphatic rings. The average molecular weight is 186 g/mol. The molecule has 0 saturated carbocycles. The Bertz CT molecular complexity index is 120. The van der Waals surface area contributed by atoms with Crippen molar-refractivity contribution in [3.05, 3.63) is 0 Å². The van der Waals surface area contributed by atoms with Crippen molar-refractivity contribution < 1.29 is 4.79 Å². The van der Waals surface area contributed by atoms with Crippen molar-refractivity contribution in [3.8, 4) is 0 Å². The van der Waals surface area contributed by atoms with Crippen molar-refractivity contribution in [2.24, 2.45) is 0 Å². The van der Waals surface area contributed by atoms with Crippen LogP contribution in [-0.4, -0.2) is 23.0 Å². The molecule has 69 valence electrons. The van der Waals surface area contributed by atoms with Crippen LogP contribution in [-0.2, 0) is 4.79 Å². The second kappa shape index (κ2) is 6.35. The van der Waals surface area contributed by atoms with E-state index in [9.17, 15) is 4.79 Å². The third-order valence-electron chi connectivity index (χ3n) is 2.10. The average Bonchev–Trinajstić information content (AvgIpc) is 2.14. The van der Waals surface area contributed by atoms with Crippen LogP contribution < -0.4 is 0 Å². The molecular formula is C9H16NOS. The Morgan fingerprint density at radius 2 is 1.67 bits per heavy atom. The molecule has 0 aliphatic carbocycles. The molecule has 0 bridgehead atoms. The second-order valence-electron chi connectivity index (χ2n) is 3.15. The van der Waals surface area contributed by atoms with E-state index in [4.69, 9.17) is 0 Å². The minimum absolute atomic E-state index is 0.883. The van der Waals surface area contributed by atoms with Gasteiger partial charge in [-0.15, -0.1) is 0 Å². The highest BCUT2D eigenvalue weighted by Gasteiger charge is 2.04. The van der Waals surface area contributed by atoms with E-state index in [1.54, 1.807) is 16.3 Å². The maximum atomic E-state index is 10.4. The maximum Gasteiger partial charge on any atom is 0.322 e. The van der Waals surface area contributed by atoms with E-state index in [1.807, 2.05) is 6.41 Å². The van der Waals surface area contributed by atoms with Crippen molar-refractivity contribution in [2.45, 2.75) is 38.5 Å². The monoisotopic (exact) mass is 186 g/mol. The van der Waals surface area contributed by atoms with E-state index in [-0.39, 0.29) is 0 Å². The van der Waals surface area contributed by atoms with Gasteiger partial charge in [0.25, 0.3) is 0 Å². The number of nitrogens with zero attached hydrogens (tertiary/aromatic N) is 1. The Morgan fingerprint density at radius 3 is 2.42 bits per heavy atom. The zero-order valence-corrected chi connectivity index (χ0v) is 8.24. The van der Waals surface area contributed by atoms with Gasteiger partial charge in [0.1, 0.15) is 0 Å². The summed E-state index contributed by atoms with van der Waals surface area (Å²) < 4.78 is 1.71. The molecular weight excluding hydrogens is 170 g/mol. The van der Waals surface area contributed by atoms with Crippen LogP contribution in [0.1, 0.15) is 38.5 Å². The molecule has 0 spiro atoms. The number of rotatable bonds is 1. The molecule has 1 amide bonds. The Labute approximate surface area is 78.8 Å². The van der Waals surface area contributed by atoms with Gasteiger partial charge < -0.3 is 0 Å². The summed E-state index contributed by atoms with van der Waals surface area (Å²) in [5, 5.41) is 0. The van der Waals surface area contributed by atoms with Crippen LogP contribution in [0.3, 0.4) is 0 Å². The first kappa shape index (κ1) is 9.90. The molecule has 0 N–H and O–H groups in total. The predicted molar refractivity (Wildman–Crippen MR) is 52.6 cm³/mol. The first-order valence-corrected chi connectivity index (χ1v) is 5.66. The van der Waals surface area contributed by atoms with E-state index in [1.165, 1.54) is 32.1 Å². The standard InChI is InChI=1S/C9H16NOS/c11-9-10-7-5-3-1-2-4-6-8-12-10/h1-8H2. The topological polar surface area (TPSA) is 20.3 Å². The zero-order chi connectivity index (χ0) is 8.65. The molecule has 0 unspecified atom stereocenters. The lowest BCUT2D eigenvalue weighted by molar-refractivity contribution is 0.484. The molecule has 12 heavy (non-hydrogen) atoms. The van der Waals surface area contributed by atoms with Gasteiger partial charge in [-0.1, -0.05) is 25.7 Å². The van der Waals surface area contributed by atoms with Crippen LogP contribution in [0.2, 0.25) is 0 Å². The highest BCUT2D eigenvalue weighted by atomic mass is 32.2. The number of hydrogen-bond acceptors (Lipinski definition) is 2. The first-order valence-electron chi connectivity index (χ1n) is 4.72. The van der Waals surface area contributed by atoms with Crippen molar-refractivity contribution in [3.63, 3.8) is 0 Å². The van der Waals surface area contributed by atoms with E-state index < -0.39 is 0 Å². The van der Waals surface area contributed by atoms with Gasteiger partial charge in [0.15, 0.2) is 0 Å². The molecule has 1 heterocycles. The molecule has 3 heteroatoms. The van der Waals surface area contributed by atoms with Crippen LogP contribution >= 0.6 is 11.9 Å². The molecule has 0 aromatic rings. The lowest BCUT2D eigenvalue weighted by Crippen LogP contribution is -2.16. The zero-order valence-electron chi connectivity index (χ0n) is 7.42. The second-order valence-corrected chi connectivity index (χ2v) is 4.26. The third kappa shape index (κ3) is 4.00. The maximum absolute atomic E-state index is 10.4. The highest BCUT2D eigenvalue weighted by molar-refractivity contribution is 7.97. The number of hydrogen-bond donors (Lipinski definition) is 0. The fourth-order valence-corrected chi connectivity index (χ4v) is 2.24. The van der Waals surface area contributed by atoms with E-state index in [0.717, 1.165) is 18.7 Å². The summed E-state index contributed by atoms with van der Waals surface area (Å²) in [4.78, 5) is 10.4. The van der Waals surface area contributed by atoms with Crippen molar-refractivity contribution in [1.82, 2.24) is 4.31 Å². The molecule has 0 aromatic carbocycles. The van der Waals surface area contributed by atoms with Crippen LogP contribution in [0, 0.1) is 0 Å². The summed E-state index contributed by atoms with van der Waals surface area (Å²) in [6.07, 6.45) is 9.63. The molecule has 1 aliphatic heterocycles. The molecule has 1 fully saturated rings.